The molecule has 3 aromatic carbocycles. The minimum absolute atomic E-state index is 0.0500. The second kappa shape index (κ2) is 14.6. The van der Waals surface area contributed by atoms with E-state index in [9.17, 15) is 13.2 Å². The van der Waals surface area contributed by atoms with Crippen molar-refractivity contribution in [2.24, 2.45) is 16.6 Å². The van der Waals surface area contributed by atoms with Crippen LogP contribution in [0.4, 0.5) is 5.69 Å². The number of aryl methyl sites for hydroxylation is 1. The average molecular weight is 629 g/mol. The number of rotatable bonds is 9. The number of nitrogens with one attached hydrogen (secondary N) is 2. The zero-order valence-corrected chi connectivity index (χ0v) is 24.4. The molecule has 13 nitrogen and oxygen atoms in total. The van der Waals surface area contributed by atoms with Crippen LogP contribution >= 0.6 is 0 Å². The summed E-state index contributed by atoms with van der Waals surface area (Å²) in [5.74, 6) is -0.656. The quantitative estimate of drug-likeness (QED) is 0.0708. The van der Waals surface area contributed by atoms with Gasteiger partial charge in [0, 0.05) is 29.8 Å². The van der Waals surface area contributed by atoms with E-state index in [0.29, 0.717) is 5.69 Å². The molecule has 0 aliphatic heterocycles. The summed E-state index contributed by atoms with van der Waals surface area (Å²) in [6.07, 6.45) is 0.725. The molecule has 4 rings (SSSR count). The number of anilines is 1. The molecule has 0 unspecified atom stereocenters. The Labute approximate surface area is 250 Å². The van der Waals surface area contributed by atoms with Crippen molar-refractivity contribution in [1.82, 2.24) is 4.83 Å². The van der Waals surface area contributed by atoms with Crippen molar-refractivity contribution >= 4 is 27.6 Å². The highest BCUT2D eigenvalue weighted by Crippen LogP contribution is 2.25. The fourth-order valence-electron chi connectivity index (χ4n) is 4.03. The molecule has 1 aromatic heterocycles. The molecule has 0 spiro atoms. The number of sulfonamides is 1. The first kappa shape index (κ1) is 32.9. The lowest BCUT2D eigenvalue weighted by Gasteiger charge is -2.17. The van der Waals surface area contributed by atoms with Crippen LogP contribution < -0.4 is 44.8 Å². The van der Waals surface area contributed by atoms with Gasteiger partial charge in [0.05, 0.1) is 4.90 Å². The van der Waals surface area contributed by atoms with E-state index in [1.807, 2.05) is 57.9 Å². The van der Waals surface area contributed by atoms with Crippen LogP contribution in [-0.4, -0.2) is 20.3 Å². The maximum atomic E-state index is 13.1. The Hall–Kier alpha value is -4.57. The number of carbonyl (C=O) groups excluding carboxylic acids is 1. The second-order valence-corrected chi connectivity index (χ2v) is 11.3. The molecule has 43 heavy (non-hydrogen) atoms. The predicted molar refractivity (Wildman–Crippen MR) is 148 cm³/mol. The van der Waals surface area contributed by atoms with Gasteiger partial charge >= 0.3 is 0 Å². The predicted octanol–water partition coefficient (Wildman–Crippen LogP) is -1.78. The van der Waals surface area contributed by atoms with Gasteiger partial charge in [-0.2, -0.15) is 17.8 Å². The first-order chi connectivity index (χ1) is 20.3. The van der Waals surface area contributed by atoms with Gasteiger partial charge in [0.2, 0.25) is 18.2 Å². The Morgan fingerprint density at radius 1 is 0.837 bits per heavy atom. The van der Waals surface area contributed by atoms with E-state index < -0.39 is 26.2 Å². The summed E-state index contributed by atoms with van der Waals surface area (Å²) in [4.78, 5) is 15.0. The van der Waals surface area contributed by atoms with Gasteiger partial charge in [-0.05, 0) is 47.5 Å². The van der Waals surface area contributed by atoms with E-state index in [1.54, 1.807) is 0 Å². The number of hydrogen-bond acceptors (Lipinski definition) is 8. The molecule has 0 saturated heterocycles. The number of benzene rings is 3. The number of pyridine rings is 1. The zero-order valence-electron chi connectivity index (χ0n) is 22.8. The van der Waals surface area contributed by atoms with Crippen LogP contribution in [0.5, 0.6) is 0 Å². The standard InChI is InChI=1S/C28H28N6O3S.ClHO4/c1-2-24-17-22(20-9-5-3-6-10-20)18-26(21-11-7-4-8-12-21)34(24)19-27(35)31-23-13-15-25(16-14-23)38(36,37)33-32-28(29)30;2-1(3,4)5/h3-18,33H,2,19H2,1H3,(H4-,29,30,31,32,35);(H,2,3,4,5). The lowest BCUT2D eigenvalue weighted by molar-refractivity contribution is -2.00. The fraction of sp³-hybridized carbons (Fsp3) is 0.107. The Morgan fingerprint density at radius 2 is 1.37 bits per heavy atom. The topological polar surface area (TPSA) is 236 Å². The van der Waals surface area contributed by atoms with Gasteiger partial charge < -0.3 is 16.8 Å². The van der Waals surface area contributed by atoms with Gasteiger partial charge in [-0.3, -0.25) is 4.79 Å². The highest BCUT2D eigenvalue weighted by Gasteiger charge is 2.23. The third-order valence-electron chi connectivity index (χ3n) is 5.84. The third-order valence-corrected chi connectivity index (χ3v) is 7.06. The monoisotopic (exact) mass is 628 g/mol. The number of halogens is 1. The summed E-state index contributed by atoms with van der Waals surface area (Å²) in [5, 5.41) is 6.18. The SMILES string of the molecule is CCc1cc(-c2ccccc2)cc(-c2ccccc2)[n+]1CC(=O)Nc1ccc(S(=O)(=O)NN=C(N)N)cc1.[O-][Cl+3]([O-])([O-])[O-]. The van der Waals surface area contributed by atoms with E-state index in [-0.39, 0.29) is 17.3 Å². The Balaban J connectivity index is 0.000000934. The van der Waals surface area contributed by atoms with E-state index in [0.717, 1.165) is 34.5 Å². The molecule has 0 aliphatic rings. The van der Waals surface area contributed by atoms with E-state index >= 15 is 0 Å². The van der Waals surface area contributed by atoms with Crippen molar-refractivity contribution in [3.63, 3.8) is 0 Å². The van der Waals surface area contributed by atoms with Crippen LogP contribution in [0.1, 0.15) is 12.6 Å². The first-order valence-corrected chi connectivity index (χ1v) is 15.3. The average Bonchev–Trinajstić information content (AvgIpc) is 2.96. The molecular weight excluding hydrogens is 600 g/mol. The molecule has 0 fully saturated rings. The van der Waals surface area contributed by atoms with Crippen LogP contribution in [0.2, 0.25) is 0 Å². The van der Waals surface area contributed by atoms with Crippen molar-refractivity contribution in [1.29, 1.82) is 0 Å². The first-order valence-electron chi connectivity index (χ1n) is 12.6. The summed E-state index contributed by atoms with van der Waals surface area (Å²) in [7, 11) is -8.88. The lowest BCUT2D eigenvalue weighted by atomic mass is 10.0. The molecule has 0 aliphatic carbocycles. The molecule has 0 bridgehead atoms. The van der Waals surface area contributed by atoms with E-state index in [2.05, 4.69) is 41.6 Å². The second-order valence-electron chi connectivity index (χ2n) is 8.87. The molecule has 4 aromatic rings. The number of nitrogens with zero attached hydrogens (tertiary/aromatic N) is 2. The van der Waals surface area contributed by atoms with Gasteiger partial charge in [0.15, 0.2) is 5.69 Å². The molecule has 1 heterocycles. The van der Waals surface area contributed by atoms with Gasteiger partial charge in [0.25, 0.3) is 15.9 Å². The normalized spacial score (nSPS) is 11.1. The van der Waals surface area contributed by atoms with Gasteiger partial charge in [-0.25, -0.2) is 18.6 Å². The van der Waals surface area contributed by atoms with Crippen LogP contribution in [-0.2, 0) is 27.8 Å². The zero-order chi connectivity index (χ0) is 31.6. The third kappa shape index (κ3) is 10.3. The summed E-state index contributed by atoms with van der Waals surface area (Å²) < 4.78 is 60.5. The maximum Gasteiger partial charge on any atom is 0.290 e. The van der Waals surface area contributed by atoms with E-state index in [4.69, 9.17) is 30.1 Å². The minimum atomic E-state index is -4.94. The van der Waals surface area contributed by atoms with Crippen molar-refractivity contribution in [2.45, 2.75) is 24.8 Å². The number of guanidine groups is 1. The summed E-state index contributed by atoms with van der Waals surface area (Å²) >= 11 is 0. The van der Waals surface area contributed by atoms with Gasteiger partial charge in [-0.15, -0.1) is 15.3 Å². The smallest absolute Gasteiger partial charge is 0.290 e. The van der Waals surface area contributed by atoms with Crippen molar-refractivity contribution < 1.29 is 46.7 Å². The highest BCUT2D eigenvalue weighted by molar-refractivity contribution is 7.89. The Bertz CT molecular complexity index is 1660. The fourth-order valence-corrected chi connectivity index (χ4v) is 4.86. The largest absolute Gasteiger partial charge is 0.369 e. The van der Waals surface area contributed by atoms with Gasteiger partial charge in [0.1, 0.15) is 0 Å². The number of nitrogens with two attached hydrogens (primary N) is 2. The van der Waals surface area contributed by atoms with Crippen LogP contribution in [0.15, 0.2) is 107 Å². The molecule has 226 valence electrons. The summed E-state index contributed by atoms with van der Waals surface area (Å²) in [6.45, 7) is 2.14. The lowest BCUT2D eigenvalue weighted by Crippen LogP contribution is -2.68. The minimum Gasteiger partial charge on any atom is -0.369 e. The number of hydrazone groups is 1. The van der Waals surface area contributed by atoms with Crippen LogP contribution in [0.25, 0.3) is 22.4 Å². The molecule has 0 atom stereocenters. The van der Waals surface area contributed by atoms with Crippen LogP contribution in [0, 0.1) is 10.2 Å². The van der Waals surface area contributed by atoms with Crippen molar-refractivity contribution in [3.05, 3.63) is 103 Å². The van der Waals surface area contributed by atoms with Gasteiger partial charge in [-0.1, -0.05) is 55.5 Å². The molecular formula is C28H29ClN6O7S. The number of hydrogen-bond donors (Lipinski definition) is 4. The Morgan fingerprint density at radius 3 is 1.88 bits per heavy atom. The number of aromatic nitrogens is 1. The highest BCUT2D eigenvalue weighted by atomic mass is 35.7. The molecule has 0 saturated carbocycles. The Kier molecular flexibility index (Phi) is 11.1. The number of carbonyl (C=O) groups is 1. The van der Waals surface area contributed by atoms with Crippen LogP contribution in [0.3, 0.4) is 0 Å². The summed E-state index contributed by atoms with van der Waals surface area (Å²) in [5.41, 5.74) is 15.9. The van der Waals surface area contributed by atoms with Crippen molar-refractivity contribution in [3.8, 4) is 22.4 Å². The number of amides is 1. The molecule has 0 radical (unpaired) electrons. The van der Waals surface area contributed by atoms with Crippen molar-refractivity contribution in [2.75, 3.05) is 5.32 Å². The molecule has 1 amide bonds. The van der Waals surface area contributed by atoms with E-state index in [1.165, 1.54) is 24.3 Å². The maximum absolute atomic E-state index is 13.1. The molecule has 15 heteroatoms. The molecule has 6 N–H and O–H groups in total. The summed E-state index contributed by atoms with van der Waals surface area (Å²) in [6, 6.07) is 30.0.